The van der Waals surface area contributed by atoms with Crippen LogP contribution in [0.15, 0.2) is 17.5 Å². The molecule has 19 heavy (non-hydrogen) atoms. The SMILES string of the molecule is CC(Cc1cccs1)N(C)CCCC(C)(C)C(N)=S. The van der Waals surface area contributed by atoms with Crippen LogP contribution in [0.4, 0.5) is 0 Å². The summed E-state index contributed by atoms with van der Waals surface area (Å²) in [5.41, 5.74) is 5.74. The molecule has 1 rings (SSSR count). The summed E-state index contributed by atoms with van der Waals surface area (Å²) in [6, 6.07) is 4.91. The first-order chi connectivity index (χ1) is 8.83. The molecule has 0 saturated heterocycles. The van der Waals surface area contributed by atoms with Crippen molar-refractivity contribution < 1.29 is 0 Å². The first-order valence-electron chi connectivity index (χ1n) is 6.85. The minimum Gasteiger partial charge on any atom is -0.393 e. The predicted octanol–water partition coefficient (Wildman–Crippen LogP) is 3.70. The van der Waals surface area contributed by atoms with E-state index in [-0.39, 0.29) is 5.41 Å². The van der Waals surface area contributed by atoms with E-state index in [1.807, 2.05) is 11.3 Å². The zero-order valence-corrected chi connectivity index (χ0v) is 14.1. The maximum absolute atomic E-state index is 5.76. The maximum atomic E-state index is 5.76. The largest absolute Gasteiger partial charge is 0.393 e. The van der Waals surface area contributed by atoms with Crippen LogP contribution in [-0.4, -0.2) is 29.5 Å². The quantitative estimate of drug-likeness (QED) is 0.742. The maximum Gasteiger partial charge on any atom is 0.0784 e. The summed E-state index contributed by atoms with van der Waals surface area (Å²) in [7, 11) is 2.20. The van der Waals surface area contributed by atoms with E-state index >= 15 is 0 Å². The molecular weight excluding hydrogens is 272 g/mol. The molecular formula is C15H26N2S2. The van der Waals surface area contributed by atoms with E-state index in [1.54, 1.807) is 0 Å². The van der Waals surface area contributed by atoms with Gasteiger partial charge in [-0.25, -0.2) is 0 Å². The summed E-state index contributed by atoms with van der Waals surface area (Å²) in [5.74, 6) is 0. The van der Waals surface area contributed by atoms with Crippen molar-refractivity contribution in [3.8, 4) is 0 Å². The molecule has 2 nitrogen and oxygen atoms in total. The Hall–Kier alpha value is -0.450. The monoisotopic (exact) mass is 298 g/mol. The van der Waals surface area contributed by atoms with Gasteiger partial charge in [-0.1, -0.05) is 32.1 Å². The fourth-order valence-corrected chi connectivity index (χ4v) is 2.92. The fraction of sp³-hybridized carbons (Fsp3) is 0.667. The van der Waals surface area contributed by atoms with Gasteiger partial charge < -0.3 is 10.6 Å². The second-order valence-electron chi connectivity index (χ2n) is 5.96. The Kier molecular flexibility index (Phi) is 6.43. The number of hydrogen-bond donors (Lipinski definition) is 1. The number of likely N-dealkylation sites (N-methyl/N-ethyl adjacent to an activating group) is 1. The predicted molar refractivity (Wildman–Crippen MR) is 89.9 cm³/mol. The molecule has 0 saturated carbocycles. The molecule has 1 aromatic rings. The molecule has 2 N–H and O–H groups in total. The minimum absolute atomic E-state index is 0.0207. The molecule has 4 heteroatoms. The van der Waals surface area contributed by atoms with Gasteiger partial charge >= 0.3 is 0 Å². The molecule has 0 fully saturated rings. The van der Waals surface area contributed by atoms with Gasteiger partial charge in [-0.15, -0.1) is 11.3 Å². The van der Waals surface area contributed by atoms with Gasteiger partial charge in [0.25, 0.3) is 0 Å². The zero-order chi connectivity index (χ0) is 14.5. The standard InChI is InChI=1S/C15H26N2S2/c1-12(11-13-7-5-10-19-13)17(4)9-6-8-15(2,3)14(16)18/h5,7,10,12H,6,8-9,11H2,1-4H3,(H2,16,18). The highest BCUT2D eigenvalue weighted by atomic mass is 32.1. The van der Waals surface area contributed by atoms with Crippen LogP contribution in [0.2, 0.25) is 0 Å². The summed E-state index contributed by atoms with van der Waals surface area (Å²) >= 11 is 6.95. The van der Waals surface area contributed by atoms with Crippen molar-refractivity contribution in [2.75, 3.05) is 13.6 Å². The summed E-state index contributed by atoms with van der Waals surface area (Å²) in [5, 5.41) is 2.15. The summed E-state index contributed by atoms with van der Waals surface area (Å²) < 4.78 is 0. The van der Waals surface area contributed by atoms with Crippen LogP contribution >= 0.6 is 23.6 Å². The molecule has 0 aliphatic heterocycles. The first-order valence-corrected chi connectivity index (χ1v) is 8.14. The molecule has 1 unspecified atom stereocenters. The summed E-state index contributed by atoms with van der Waals surface area (Å²) in [6.07, 6.45) is 3.32. The van der Waals surface area contributed by atoms with Gasteiger partial charge in [0.05, 0.1) is 4.99 Å². The molecule has 0 bridgehead atoms. The number of thiocarbonyl (C=S) groups is 1. The zero-order valence-electron chi connectivity index (χ0n) is 12.5. The number of thiophene rings is 1. The molecule has 0 spiro atoms. The van der Waals surface area contributed by atoms with Crippen LogP contribution < -0.4 is 5.73 Å². The van der Waals surface area contributed by atoms with Crippen molar-refractivity contribution in [1.29, 1.82) is 0 Å². The van der Waals surface area contributed by atoms with Crippen LogP contribution in [0.5, 0.6) is 0 Å². The van der Waals surface area contributed by atoms with Crippen LogP contribution in [0.3, 0.4) is 0 Å². The van der Waals surface area contributed by atoms with Crippen LogP contribution in [0.25, 0.3) is 0 Å². The molecule has 0 amide bonds. The smallest absolute Gasteiger partial charge is 0.0784 e. The third-order valence-electron chi connectivity index (χ3n) is 3.81. The van der Waals surface area contributed by atoms with Gasteiger partial charge in [0.15, 0.2) is 0 Å². The highest BCUT2D eigenvalue weighted by Crippen LogP contribution is 2.23. The van der Waals surface area contributed by atoms with E-state index in [1.165, 1.54) is 4.88 Å². The second kappa shape index (κ2) is 7.36. The van der Waals surface area contributed by atoms with Crippen molar-refractivity contribution in [3.05, 3.63) is 22.4 Å². The second-order valence-corrected chi connectivity index (χ2v) is 7.44. The Morgan fingerprint density at radius 3 is 2.74 bits per heavy atom. The van der Waals surface area contributed by atoms with Crippen molar-refractivity contribution in [3.63, 3.8) is 0 Å². The highest BCUT2D eigenvalue weighted by molar-refractivity contribution is 7.80. The molecule has 1 aromatic heterocycles. The van der Waals surface area contributed by atoms with Gasteiger partial charge in [-0.3, -0.25) is 0 Å². The number of hydrogen-bond acceptors (Lipinski definition) is 3. The lowest BCUT2D eigenvalue weighted by Gasteiger charge is -2.27. The molecule has 0 aliphatic carbocycles. The lowest BCUT2D eigenvalue weighted by molar-refractivity contribution is 0.243. The minimum atomic E-state index is -0.0207. The molecule has 0 radical (unpaired) electrons. The number of nitrogens with zero attached hydrogens (tertiary/aromatic N) is 1. The lowest BCUT2D eigenvalue weighted by Crippen LogP contribution is -2.34. The van der Waals surface area contributed by atoms with Gasteiger partial charge in [0, 0.05) is 16.3 Å². The Morgan fingerprint density at radius 1 is 1.53 bits per heavy atom. The molecule has 0 aliphatic rings. The number of nitrogens with two attached hydrogens (primary N) is 1. The molecule has 0 aromatic carbocycles. The third-order valence-corrected chi connectivity index (χ3v) is 5.26. The number of rotatable bonds is 8. The normalized spacial score (nSPS) is 13.7. The van der Waals surface area contributed by atoms with Gasteiger partial charge in [0.1, 0.15) is 0 Å². The van der Waals surface area contributed by atoms with Crippen molar-refractivity contribution in [2.45, 2.75) is 46.1 Å². The molecule has 108 valence electrons. The van der Waals surface area contributed by atoms with Crippen molar-refractivity contribution >= 4 is 28.5 Å². The molecule has 1 atom stereocenters. The highest BCUT2D eigenvalue weighted by Gasteiger charge is 2.21. The Morgan fingerprint density at radius 2 is 2.21 bits per heavy atom. The van der Waals surface area contributed by atoms with Crippen molar-refractivity contribution in [1.82, 2.24) is 4.90 Å². The van der Waals surface area contributed by atoms with E-state index < -0.39 is 0 Å². The topological polar surface area (TPSA) is 29.3 Å². The van der Waals surface area contributed by atoms with Crippen LogP contribution in [0, 0.1) is 5.41 Å². The summed E-state index contributed by atoms with van der Waals surface area (Å²) in [4.78, 5) is 4.51. The average molecular weight is 299 g/mol. The average Bonchev–Trinajstić information content (AvgIpc) is 2.81. The van der Waals surface area contributed by atoms with E-state index in [0.717, 1.165) is 25.8 Å². The Balaban J connectivity index is 2.31. The van der Waals surface area contributed by atoms with Crippen LogP contribution in [0.1, 0.15) is 38.5 Å². The molecule has 1 heterocycles. The van der Waals surface area contributed by atoms with E-state index in [0.29, 0.717) is 11.0 Å². The lowest BCUT2D eigenvalue weighted by atomic mass is 9.88. The van der Waals surface area contributed by atoms with Crippen molar-refractivity contribution in [2.24, 2.45) is 11.1 Å². The Labute approximate surface area is 127 Å². The van der Waals surface area contributed by atoms with Crippen LogP contribution in [-0.2, 0) is 6.42 Å². The first kappa shape index (κ1) is 16.6. The third kappa shape index (κ3) is 5.59. The van der Waals surface area contributed by atoms with Gasteiger partial charge in [-0.2, -0.15) is 0 Å². The van der Waals surface area contributed by atoms with Gasteiger partial charge in [0.2, 0.25) is 0 Å². The van der Waals surface area contributed by atoms with E-state index in [2.05, 4.69) is 50.2 Å². The van der Waals surface area contributed by atoms with E-state index in [4.69, 9.17) is 18.0 Å². The van der Waals surface area contributed by atoms with E-state index in [9.17, 15) is 0 Å². The summed E-state index contributed by atoms with van der Waals surface area (Å²) in [6.45, 7) is 7.64. The van der Waals surface area contributed by atoms with Gasteiger partial charge in [-0.05, 0) is 51.2 Å². The fourth-order valence-electron chi connectivity index (χ4n) is 1.99. The Bertz CT molecular complexity index is 385.